The van der Waals surface area contributed by atoms with Gasteiger partial charge in [0.05, 0.1) is 12.8 Å². The number of anilines is 1. The van der Waals surface area contributed by atoms with Crippen molar-refractivity contribution in [2.75, 3.05) is 18.6 Å². The first-order valence-electron chi connectivity index (χ1n) is 11.9. The second-order valence-electron chi connectivity index (χ2n) is 9.03. The van der Waals surface area contributed by atoms with Crippen LogP contribution in [0.25, 0.3) is 10.8 Å². The summed E-state index contributed by atoms with van der Waals surface area (Å²) in [6.07, 6.45) is 0.442. The van der Waals surface area contributed by atoms with E-state index < -0.39 is 6.04 Å². The lowest BCUT2D eigenvalue weighted by Gasteiger charge is -2.32. The molecule has 3 amide bonds. The molecule has 1 aliphatic heterocycles. The average molecular weight is 474 g/mol. The smallest absolute Gasteiger partial charge is 0.259 e. The largest absolute Gasteiger partial charge is 0.497 e. The number of benzene rings is 3. The van der Waals surface area contributed by atoms with Gasteiger partial charge in [0.15, 0.2) is 0 Å². The lowest BCUT2D eigenvalue weighted by Crippen LogP contribution is -2.53. The van der Waals surface area contributed by atoms with Crippen molar-refractivity contribution in [2.45, 2.75) is 45.8 Å². The van der Waals surface area contributed by atoms with Crippen molar-refractivity contribution in [1.82, 2.24) is 10.2 Å². The number of amides is 3. The Morgan fingerprint density at radius 3 is 2.46 bits per heavy atom. The summed E-state index contributed by atoms with van der Waals surface area (Å²) in [6, 6.07) is 18.0. The van der Waals surface area contributed by atoms with Gasteiger partial charge in [0.1, 0.15) is 18.3 Å². The van der Waals surface area contributed by atoms with Crippen molar-refractivity contribution in [3.8, 4) is 5.75 Å². The molecule has 0 bridgehead atoms. The van der Waals surface area contributed by atoms with Crippen LogP contribution in [-0.2, 0) is 16.1 Å². The van der Waals surface area contributed by atoms with E-state index in [1.54, 1.807) is 18.1 Å². The van der Waals surface area contributed by atoms with Crippen LogP contribution < -0.4 is 15.0 Å². The molecular weight excluding hydrogens is 442 g/mol. The molecule has 4 rings (SSSR count). The fourth-order valence-corrected chi connectivity index (χ4v) is 4.63. The fraction of sp³-hybridized carbons (Fsp3) is 0.321. The van der Waals surface area contributed by atoms with Gasteiger partial charge in [0.25, 0.3) is 5.91 Å². The van der Waals surface area contributed by atoms with Crippen LogP contribution in [0.4, 0.5) is 5.69 Å². The zero-order chi connectivity index (χ0) is 25.1. The number of rotatable bonds is 9. The van der Waals surface area contributed by atoms with Gasteiger partial charge in [-0.2, -0.15) is 0 Å². The molecule has 0 aliphatic carbocycles. The monoisotopic (exact) mass is 473 g/mol. The molecule has 0 spiro atoms. The van der Waals surface area contributed by atoms with Crippen LogP contribution in [-0.4, -0.2) is 48.4 Å². The number of methoxy groups -OCH3 is 1. The molecule has 7 heteroatoms. The molecule has 7 nitrogen and oxygen atoms in total. The van der Waals surface area contributed by atoms with Crippen molar-refractivity contribution < 1.29 is 19.1 Å². The highest BCUT2D eigenvalue weighted by atomic mass is 16.5. The molecule has 0 unspecified atom stereocenters. The Hall–Kier alpha value is -3.87. The van der Waals surface area contributed by atoms with Gasteiger partial charge in [-0.3, -0.25) is 19.3 Å². The third kappa shape index (κ3) is 4.85. The van der Waals surface area contributed by atoms with Crippen LogP contribution in [0.15, 0.2) is 60.7 Å². The molecule has 3 aromatic carbocycles. The summed E-state index contributed by atoms with van der Waals surface area (Å²) >= 11 is 0. The van der Waals surface area contributed by atoms with Gasteiger partial charge < -0.3 is 15.0 Å². The van der Waals surface area contributed by atoms with E-state index in [-0.39, 0.29) is 36.9 Å². The molecule has 3 aromatic rings. The standard InChI is InChI=1S/C28H31N3O4/c1-5-23(27(33)29-18(2)3)30(16-19-9-6-12-21(15-19)35-4)25(32)17-31-24-14-8-11-20-10-7-13-22(26(20)24)28(31)34/h6-15,18,23H,5,16-17H2,1-4H3,(H,29,33)/t23-/m1/s1. The minimum atomic E-state index is -0.674. The lowest BCUT2D eigenvalue weighted by molar-refractivity contribution is -0.140. The van der Waals surface area contributed by atoms with Crippen LogP contribution in [0.5, 0.6) is 5.75 Å². The Balaban J connectivity index is 1.66. The third-order valence-corrected chi connectivity index (χ3v) is 6.25. The summed E-state index contributed by atoms with van der Waals surface area (Å²) < 4.78 is 5.34. The molecule has 35 heavy (non-hydrogen) atoms. The van der Waals surface area contributed by atoms with Crippen molar-refractivity contribution >= 4 is 34.2 Å². The van der Waals surface area contributed by atoms with Crippen LogP contribution >= 0.6 is 0 Å². The van der Waals surface area contributed by atoms with Crippen molar-refractivity contribution in [2.24, 2.45) is 0 Å². The Morgan fingerprint density at radius 1 is 1.06 bits per heavy atom. The first-order valence-corrected chi connectivity index (χ1v) is 11.9. The van der Waals surface area contributed by atoms with Gasteiger partial charge in [0.2, 0.25) is 11.8 Å². The van der Waals surface area contributed by atoms with E-state index in [1.165, 1.54) is 4.90 Å². The van der Waals surface area contributed by atoms with Gasteiger partial charge in [-0.15, -0.1) is 0 Å². The molecule has 0 fully saturated rings. The van der Waals surface area contributed by atoms with Crippen LogP contribution in [0.1, 0.15) is 43.1 Å². The summed E-state index contributed by atoms with van der Waals surface area (Å²) in [5, 5.41) is 4.75. The number of carbonyl (C=O) groups is 3. The Labute approximate surface area is 205 Å². The Morgan fingerprint density at radius 2 is 1.77 bits per heavy atom. The maximum absolute atomic E-state index is 13.8. The van der Waals surface area contributed by atoms with Crippen molar-refractivity contribution in [1.29, 1.82) is 0 Å². The molecule has 1 atom stereocenters. The molecule has 0 aromatic heterocycles. The minimum absolute atomic E-state index is 0.0578. The van der Waals surface area contributed by atoms with E-state index >= 15 is 0 Å². The summed E-state index contributed by atoms with van der Waals surface area (Å²) in [7, 11) is 1.59. The molecule has 1 heterocycles. The van der Waals surface area contributed by atoms with Gasteiger partial charge in [-0.05, 0) is 55.5 Å². The van der Waals surface area contributed by atoms with Crippen LogP contribution in [0.2, 0.25) is 0 Å². The minimum Gasteiger partial charge on any atom is -0.497 e. The van der Waals surface area contributed by atoms with Crippen molar-refractivity contribution in [3.63, 3.8) is 0 Å². The summed E-state index contributed by atoms with van der Waals surface area (Å²) in [5.74, 6) is -0.0359. The van der Waals surface area contributed by atoms with E-state index in [2.05, 4.69) is 5.32 Å². The number of hydrogen-bond donors (Lipinski definition) is 1. The zero-order valence-electron chi connectivity index (χ0n) is 20.6. The summed E-state index contributed by atoms with van der Waals surface area (Å²) in [6.45, 7) is 5.73. The second kappa shape index (κ2) is 10.2. The number of nitrogens with one attached hydrogen (secondary N) is 1. The molecule has 182 valence electrons. The Kier molecular flexibility index (Phi) is 7.05. The first-order chi connectivity index (χ1) is 16.8. The fourth-order valence-electron chi connectivity index (χ4n) is 4.63. The number of nitrogens with zero attached hydrogens (tertiary/aromatic N) is 2. The number of hydrogen-bond acceptors (Lipinski definition) is 4. The predicted molar refractivity (Wildman–Crippen MR) is 137 cm³/mol. The van der Waals surface area contributed by atoms with E-state index in [4.69, 9.17) is 4.74 Å². The molecule has 1 aliphatic rings. The Bertz CT molecular complexity index is 1260. The van der Waals surface area contributed by atoms with Crippen LogP contribution in [0, 0.1) is 0 Å². The number of ether oxygens (including phenoxy) is 1. The molecule has 0 saturated heterocycles. The lowest BCUT2D eigenvalue weighted by atomic mass is 10.1. The average Bonchev–Trinajstić information content (AvgIpc) is 3.11. The maximum atomic E-state index is 13.8. The predicted octanol–water partition coefficient (Wildman–Crippen LogP) is 4.14. The van der Waals surface area contributed by atoms with Gasteiger partial charge >= 0.3 is 0 Å². The summed E-state index contributed by atoms with van der Waals surface area (Å²) in [5.41, 5.74) is 2.15. The van der Waals surface area contributed by atoms with E-state index in [9.17, 15) is 14.4 Å². The zero-order valence-corrected chi connectivity index (χ0v) is 20.6. The van der Waals surface area contributed by atoms with E-state index in [0.717, 1.165) is 22.0 Å². The SMILES string of the molecule is CC[C@H](C(=O)NC(C)C)N(Cc1cccc(OC)c1)C(=O)CN1C(=O)c2cccc3cccc1c23. The third-order valence-electron chi connectivity index (χ3n) is 6.25. The quantitative estimate of drug-likeness (QED) is 0.507. The molecule has 0 radical (unpaired) electrons. The van der Waals surface area contributed by atoms with Gasteiger partial charge in [-0.1, -0.05) is 43.3 Å². The second-order valence-corrected chi connectivity index (χ2v) is 9.03. The highest BCUT2D eigenvalue weighted by Crippen LogP contribution is 2.37. The van der Waals surface area contributed by atoms with Gasteiger partial charge in [-0.25, -0.2) is 0 Å². The number of carbonyl (C=O) groups excluding carboxylic acids is 3. The summed E-state index contributed by atoms with van der Waals surface area (Å²) in [4.78, 5) is 43.2. The normalized spacial score (nSPS) is 13.3. The molecule has 1 N–H and O–H groups in total. The first kappa shape index (κ1) is 24.3. The van der Waals surface area contributed by atoms with Crippen LogP contribution in [0.3, 0.4) is 0 Å². The van der Waals surface area contributed by atoms with E-state index in [0.29, 0.717) is 17.7 Å². The molecular formula is C28H31N3O4. The highest BCUT2D eigenvalue weighted by molar-refractivity contribution is 6.26. The van der Waals surface area contributed by atoms with E-state index in [1.807, 2.05) is 75.4 Å². The van der Waals surface area contributed by atoms with Crippen molar-refractivity contribution in [3.05, 3.63) is 71.8 Å². The molecule has 0 saturated carbocycles. The topological polar surface area (TPSA) is 79.0 Å². The van der Waals surface area contributed by atoms with Gasteiger partial charge in [0, 0.05) is 23.5 Å². The highest BCUT2D eigenvalue weighted by Gasteiger charge is 2.35. The maximum Gasteiger partial charge on any atom is 0.259 e.